The molecule has 0 atom stereocenters. The van der Waals surface area contributed by atoms with Crippen LogP contribution in [-0.4, -0.2) is 4.98 Å². The number of hydrogen-bond acceptors (Lipinski definition) is 1. The number of aryl methyl sites for hydroxylation is 1. The van der Waals surface area contributed by atoms with E-state index in [-0.39, 0.29) is 18.6 Å². The predicted octanol–water partition coefficient (Wildman–Crippen LogP) is 1.64. The van der Waals surface area contributed by atoms with Crippen molar-refractivity contribution in [2.24, 2.45) is 0 Å². The summed E-state index contributed by atoms with van der Waals surface area (Å²) in [6.45, 7) is 2.10. The molecule has 1 nitrogen and oxygen atoms in total. The molecule has 1 heterocycles. The molecule has 47 valence electrons. The van der Waals surface area contributed by atoms with Gasteiger partial charge in [-0.3, -0.25) is 4.98 Å². The van der Waals surface area contributed by atoms with Gasteiger partial charge < -0.3 is 0 Å². The van der Waals surface area contributed by atoms with Crippen LogP contribution in [0.3, 0.4) is 0 Å². The molecule has 0 aliphatic rings. The van der Waals surface area contributed by atoms with Gasteiger partial charge >= 0.3 is 0 Å². The molecule has 9 heavy (non-hydrogen) atoms. The van der Waals surface area contributed by atoms with E-state index in [4.69, 9.17) is 0 Å². The van der Waals surface area contributed by atoms with Gasteiger partial charge in [0.1, 0.15) is 0 Å². The molecule has 1 radical (unpaired) electrons. The molecule has 0 saturated carbocycles. The van der Waals surface area contributed by atoms with Crippen LogP contribution in [0.4, 0.5) is 0 Å². The van der Waals surface area contributed by atoms with E-state index in [2.05, 4.69) is 11.9 Å². The largest absolute Gasteiger partial charge is 0.261 e. The van der Waals surface area contributed by atoms with Crippen LogP contribution in [0, 0.1) is 0 Å². The van der Waals surface area contributed by atoms with E-state index in [1.807, 2.05) is 24.4 Å². The van der Waals surface area contributed by atoms with Crippen LogP contribution in [0.1, 0.15) is 12.6 Å². The molecule has 0 unspecified atom stereocenters. The maximum absolute atomic E-state index is 4.10. The van der Waals surface area contributed by atoms with Crippen LogP contribution in [0.5, 0.6) is 0 Å². The van der Waals surface area contributed by atoms with Crippen molar-refractivity contribution in [3.63, 3.8) is 0 Å². The molecule has 0 aliphatic heterocycles. The molecular weight excluding hydrogens is 149 g/mol. The molecule has 1 rings (SSSR count). The number of aromatic nitrogens is 1. The van der Waals surface area contributed by atoms with Crippen LogP contribution >= 0.6 is 0 Å². The summed E-state index contributed by atoms with van der Waals surface area (Å²) < 4.78 is 0. The maximum Gasteiger partial charge on any atom is 0.0400 e. The third-order valence-corrected chi connectivity index (χ3v) is 1.09. The van der Waals surface area contributed by atoms with Gasteiger partial charge in [-0.25, -0.2) is 0 Å². The first-order valence-electron chi connectivity index (χ1n) is 2.83. The van der Waals surface area contributed by atoms with Gasteiger partial charge in [-0.05, 0) is 18.6 Å². The van der Waals surface area contributed by atoms with Crippen LogP contribution in [0.2, 0.25) is 0 Å². The summed E-state index contributed by atoms with van der Waals surface area (Å²) in [6, 6.07) is 5.96. The molecule has 0 N–H and O–H groups in total. The van der Waals surface area contributed by atoms with Gasteiger partial charge in [0.15, 0.2) is 0 Å². The fourth-order valence-electron chi connectivity index (χ4n) is 0.607. The van der Waals surface area contributed by atoms with Crippen LogP contribution in [0.25, 0.3) is 0 Å². The third-order valence-electron chi connectivity index (χ3n) is 1.09. The number of pyridine rings is 1. The van der Waals surface area contributed by atoms with Crippen molar-refractivity contribution in [2.75, 3.05) is 0 Å². The number of rotatable bonds is 1. The average molecular weight is 158 g/mol. The van der Waals surface area contributed by atoms with E-state index in [9.17, 15) is 0 Å². The van der Waals surface area contributed by atoms with Crippen molar-refractivity contribution in [1.29, 1.82) is 0 Å². The summed E-state index contributed by atoms with van der Waals surface area (Å²) in [4.78, 5) is 4.10. The normalized spacial score (nSPS) is 8.11. The summed E-state index contributed by atoms with van der Waals surface area (Å²) in [5.41, 5.74) is 1.16. The van der Waals surface area contributed by atoms with Gasteiger partial charge in [0.2, 0.25) is 0 Å². The van der Waals surface area contributed by atoms with Crippen molar-refractivity contribution < 1.29 is 18.6 Å². The topological polar surface area (TPSA) is 12.9 Å². The Balaban J connectivity index is 0.000000640. The second-order valence-electron chi connectivity index (χ2n) is 1.67. The summed E-state index contributed by atoms with van der Waals surface area (Å²) >= 11 is 0. The van der Waals surface area contributed by atoms with Crippen LogP contribution in [0.15, 0.2) is 24.4 Å². The number of nitrogens with zero attached hydrogens (tertiary/aromatic N) is 1. The van der Waals surface area contributed by atoms with Crippen molar-refractivity contribution in [2.45, 2.75) is 13.3 Å². The average Bonchev–Trinajstić information content (AvgIpc) is 1.90. The van der Waals surface area contributed by atoms with Crippen molar-refractivity contribution in [3.8, 4) is 0 Å². The Kier molecular flexibility index (Phi) is 4.46. The number of hydrogen-bond donors (Lipinski definition) is 0. The molecule has 1 aromatic heterocycles. The Hall–Kier alpha value is -0.266. The zero-order valence-electron chi connectivity index (χ0n) is 5.41. The molecule has 1 aromatic rings. The van der Waals surface area contributed by atoms with Gasteiger partial charge in [0, 0.05) is 30.4 Å². The molecule has 0 spiro atoms. The smallest absolute Gasteiger partial charge is 0.0400 e. The van der Waals surface area contributed by atoms with E-state index < -0.39 is 0 Å². The predicted molar refractivity (Wildman–Crippen MR) is 33.6 cm³/mol. The van der Waals surface area contributed by atoms with Crippen LogP contribution in [-0.2, 0) is 25.0 Å². The standard InChI is InChI=1S/C7H9N.V/c1-2-7-5-3-4-6-8-7;/h3-6H,2H2,1H3;. The maximum atomic E-state index is 4.10. The molecule has 0 aromatic carbocycles. The SMILES string of the molecule is CCc1ccccn1.[V]. The minimum Gasteiger partial charge on any atom is -0.261 e. The second-order valence-corrected chi connectivity index (χ2v) is 1.67. The fourth-order valence-corrected chi connectivity index (χ4v) is 0.607. The Morgan fingerprint density at radius 3 is 2.56 bits per heavy atom. The van der Waals surface area contributed by atoms with E-state index in [1.165, 1.54) is 0 Å². The quantitative estimate of drug-likeness (QED) is 0.605. The molecule has 0 aliphatic carbocycles. The summed E-state index contributed by atoms with van der Waals surface area (Å²) in [7, 11) is 0. The monoisotopic (exact) mass is 158 g/mol. The molecular formula is C7H9NV. The Morgan fingerprint density at radius 2 is 2.22 bits per heavy atom. The Bertz CT molecular complexity index is 150. The first-order valence-corrected chi connectivity index (χ1v) is 2.83. The minimum absolute atomic E-state index is 0. The van der Waals surface area contributed by atoms with E-state index in [1.54, 1.807) is 0 Å². The molecule has 0 amide bonds. The Labute approximate surface area is 67.4 Å². The minimum atomic E-state index is 0. The first kappa shape index (κ1) is 8.73. The third kappa shape index (κ3) is 2.68. The summed E-state index contributed by atoms with van der Waals surface area (Å²) in [5, 5.41) is 0. The fraction of sp³-hybridized carbons (Fsp3) is 0.286. The van der Waals surface area contributed by atoms with Crippen molar-refractivity contribution >= 4 is 0 Å². The summed E-state index contributed by atoms with van der Waals surface area (Å²) in [5.74, 6) is 0. The van der Waals surface area contributed by atoms with Gasteiger partial charge in [0.25, 0.3) is 0 Å². The van der Waals surface area contributed by atoms with Gasteiger partial charge in [-0.15, -0.1) is 0 Å². The zero-order chi connectivity index (χ0) is 5.82. The van der Waals surface area contributed by atoms with Crippen molar-refractivity contribution in [3.05, 3.63) is 30.1 Å². The Morgan fingerprint density at radius 1 is 1.44 bits per heavy atom. The first-order chi connectivity index (χ1) is 3.93. The molecule has 0 fully saturated rings. The van der Waals surface area contributed by atoms with E-state index in [0.717, 1.165) is 12.1 Å². The van der Waals surface area contributed by atoms with Gasteiger partial charge in [-0.2, -0.15) is 0 Å². The van der Waals surface area contributed by atoms with Gasteiger partial charge in [-0.1, -0.05) is 13.0 Å². The molecule has 2 heteroatoms. The summed E-state index contributed by atoms with van der Waals surface area (Å²) in [6.07, 6.45) is 2.85. The van der Waals surface area contributed by atoms with E-state index in [0.29, 0.717) is 0 Å². The zero-order valence-corrected chi connectivity index (χ0v) is 6.81. The second kappa shape index (κ2) is 4.60. The van der Waals surface area contributed by atoms with E-state index >= 15 is 0 Å². The van der Waals surface area contributed by atoms with Gasteiger partial charge in [0.05, 0.1) is 0 Å². The van der Waals surface area contributed by atoms with Crippen LogP contribution < -0.4 is 0 Å². The molecule has 0 saturated heterocycles. The van der Waals surface area contributed by atoms with Crippen molar-refractivity contribution in [1.82, 2.24) is 4.98 Å². The molecule has 0 bridgehead atoms.